The third-order valence-corrected chi connectivity index (χ3v) is 12.7. The highest BCUT2D eigenvalue weighted by atomic mass is 19.3. The van der Waals surface area contributed by atoms with Crippen LogP contribution in [0.1, 0.15) is 72.1 Å². The predicted molar refractivity (Wildman–Crippen MR) is 210 cm³/mol. The smallest absolute Gasteiger partial charge is 0.393 e. The fourth-order valence-corrected chi connectivity index (χ4v) is 9.45. The molecule has 3 aromatic heterocycles. The van der Waals surface area contributed by atoms with Crippen molar-refractivity contribution in [1.29, 1.82) is 5.26 Å². The molecule has 1 saturated carbocycles. The number of anilines is 2. The fourth-order valence-electron chi connectivity index (χ4n) is 9.45. The first-order chi connectivity index (χ1) is 29.8. The quantitative estimate of drug-likeness (QED) is 0.171. The third-order valence-electron chi connectivity index (χ3n) is 12.7. The minimum Gasteiger partial charge on any atom is -0.393 e. The van der Waals surface area contributed by atoms with Crippen LogP contribution in [0, 0.1) is 28.9 Å². The van der Waals surface area contributed by atoms with Gasteiger partial charge in [0.05, 0.1) is 40.8 Å². The highest BCUT2D eigenvalue weighted by molar-refractivity contribution is 6.07. The maximum absolute atomic E-state index is 15.1. The van der Waals surface area contributed by atoms with Crippen molar-refractivity contribution in [1.82, 2.24) is 34.5 Å². The summed E-state index contributed by atoms with van der Waals surface area (Å²) in [6, 6.07) is 10.8. The Morgan fingerprint density at radius 2 is 1.63 bits per heavy atom. The lowest BCUT2D eigenvalue weighted by Gasteiger charge is -2.45. The number of fused-ring (bicyclic) bond motifs is 4. The topological polar surface area (TPSA) is 179 Å². The van der Waals surface area contributed by atoms with Crippen molar-refractivity contribution in [2.45, 2.75) is 62.8 Å². The first-order valence-corrected chi connectivity index (χ1v) is 20.4. The summed E-state index contributed by atoms with van der Waals surface area (Å²) in [5.41, 5.74) is 1.02. The van der Waals surface area contributed by atoms with E-state index in [1.165, 1.54) is 35.0 Å². The summed E-state index contributed by atoms with van der Waals surface area (Å²) >= 11 is 0. The van der Waals surface area contributed by atoms with E-state index < -0.39 is 41.6 Å². The Morgan fingerprint density at radius 1 is 0.919 bits per heavy atom. The number of rotatable bonds is 7. The number of nitrogens with zero attached hydrogens (tertiary/aromatic N) is 8. The van der Waals surface area contributed by atoms with E-state index >= 15 is 8.78 Å². The van der Waals surface area contributed by atoms with Gasteiger partial charge in [-0.3, -0.25) is 34.1 Å². The molecule has 5 aliphatic rings. The van der Waals surface area contributed by atoms with E-state index in [1.54, 1.807) is 27.9 Å². The number of nitrogens with one attached hydrogen (secondary N) is 2. The molecule has 10 rings (SSSR count). The summed E-state index contributed by atoms with van der Waals surface area (Å²) in [7, 11) is 0. The number of ether oxygens (including phenoxy) is 2. The van der Waals surface area contributed by atoms with E-state index in [1.807, 2.05) is 11.0 Å². The van der Waals surface area contributed by atoms with Gasteiger partial charge >= 0.3 is 6.29 Å². The molecular weight excluding hydrogens is 817 g/mol. The Kier molecular flexibility index (Phi) is 9.53. The Labute approximate surface area is 349 Å². The number of benzene rings is 2. The number of carbonyl (C=O) groups excluding carboxylic acids is 4. The number of piperidine rings is 1. The molecular formula is C42H38F4N10O6. The van der Waals surface area contributed by atoms with Crippen LogP contribution in [0.25, 0.3) is 16.4 Å². The second-order valence-corrected chi connectivity index (χ2v) is 16.4. The molecule has 0 spiro atoms. The van der Waals surface area contributed by atoms with Crippen molar-refractivity contribution in [2.24, 2.45) is 5.92 Å². The van der Waals surface area contributed by atoms with Gasteiger partial charge < -0.3 is 24.6 Å². The number of imide groups is 1. The van der Waals surface area contributed by atoms with E-state index in [4.69, 9.17) is 9.47 Å². The minimum absolute atomic E-state index is 0.00304. The van der Waals surface area contributed by atoms with Gasteiger partial charge in [0.2, 0.25) is 23.5 Å². The largest absolute Gasteiger partial charge is 0.586 e. The van der Waals surface area contributed by atoms with Gasteiger partial charge in [-0.05, 0) is 68.5 Å². The van der Waals surface area contributed by atoms with E-state index in [0.29, 0.717) is 61.4 Å². The molecule has 5 aromatic rings. The van der Waals surface area contributed by atoms with Crippen molar-refractivity contribution >= 4 is 51.4 Å². The van der Waals surface area contributed by atoms with Crippen LogP contribution in [0.5, 0.6) is 11.5 Å². The molecule has 320 valence electrons. The van der Waals surface area contributed by atoms with Crippen molar-refractivity contribution in [3.63, 3.8) is 0 Å². The molecule has 4 aliphatic heterocycles. The Hall–Kier alpha value is -6.75. The molecule has 4 amide bonds. The van der Waals surface area contributed by atoms with Crippen LogP contribution in [-0.4, -0.2) is 104 Å². The summed E-state index contributed by atoms with van der Waals surface area (Å²) in [6.45, 7) is 3.14. The molecule has 16 nitrogen and oxygen atoms in total. The van der Waals surface area contributed by atoms with Crippen LogP contribution < -0.4 is 25.0 Å². The van der Waals surface area contributed by atoms with E-state index in [0.717, 1.165) is 25.7 Å². The molecule has 2 aromatic carbocycles. The standard InChI is InChI=1S/C42H38F4N10O6/c43-30-15-28(16-31(44)35(30)29-6-8-34(57)50-39(29)58)54-19-24(20-54)41(60)53-11-9-52(10-12-53)25-1-3-26(4-2-25)55-21-23-14-32(37-38(36(23)51-55)62-42(45,46)61-37)49-40(59)33-7-5-27-13-22(17-47)18-48-56(27)33/h5,7,13-16,18,21,24-26,29H,1-4,6,8-12,19-20H2,(H,49,59)(H,50,57,58)/t25?,26?,29-/m1/s1. The third kappa shape index (κ3) is 6.99. The normalized spacial score (nSPS) is 22.7. The summed E-state index contributed by atoms with van der Waals surface area (Å²) in [5, 5.41) is 23.3. The van der Waals surface area contributed by atoms with Gasteiger partial charge in [0, 0.05) is 74.6 Å². The van der Waals surface area contributed by atoms with Crippen LogP contribution in [0.15, 0.2) is 48.8 Å². The monoisotopic (exact) mass is 854 g/mol. The highest BCUT2D eigenvalue weighted by Gasteiger charge is 2.47. The van der Waals surface area contributed by atoms with Crippen LogP contribution >= 0.6 is 0 Å². The predicted octanol–water partition coefficient (Wildman–Crippen LogP) is 4.69. The van der Waals surface area contributed by atoms with Crippen LogP contribution in [0.2, 0.25) is 0 Å². The molecule has 1 atom stereocenters. The summed E-state index contributed by atoms with van der Waals surface area (Å²) in [4.78, 5) is 56.5. The van der Waals surface area contributed by atoms with Crippen molar-refractivity contribution in [2.75, 3.05) is 49.5 Å². The summed E-state index contributed by atoms with van der Waals surface area (Å²) < 4.78 is 72.1. The van der Waals surface area contributed by atoms with Gasteiger partial charge in [-0.25, -0.2) is 13.3 Å². The van der Waals surface area contributed by atoms with Gasteiger partial charge in [-0.2, -0.15) is 15.5 Å². The maximum Gasteiger partial charge on any atom is 0.586 e. The molecule has 4 fully saturated rings. The Bertz CT molecular complexity index is 2710. The second-order valence-electron chi connectivity index (χ2n) is 16.4. The average molecular weight is 855 g/mol. The van der Waals surface area contributed by atoms with Crippen LogP contribution in [0.3, 0.4) is 0 Å². The van der Waals surface area contributed by atoms with Gasteiger partial charge in [0.15, 0.2) is 5.75 Å². The minimum atomic E-state index is -3.97. The molecule has 1 aliphatic carbocycles. The zero-order chi connectivity index (χ0) is 43.0. The number of alkyl halides is 2. The number of halogens is 4. The van der Waals surface area contributed by atoms with E-state index in [2.05, 4.69) is 25.7 Å². The molecule has 0 radical (unpaired) electrons. The van der Waals surface area contributed by atoms with Crippen LogP contribution in [0.4, 0.5) is 28.9 Å². The van der Waals surface area contributed by atoms with Gasteiger partial charge in [0.25, 0.3) is 5.91 Å². The molecule has 2 N–H and O–H groups in total. The SMILES string of the molecule is N#Cc1cnn2c(C(=O)Nc3cc4cn(C5CCC(N6CCN(C(=O)C7CN(c8cc(F)c([C@H]9CCC(=O)NC9=O)c(F)c8)C7)CC6)CC5)nc4c4c3OC(F)(F)O4)ccc2c1. The van der Waals surface area contributed by atoms with Crippen molar-refractivity contribution in [3.8, 4) is 17.6 Å². The van der Waals surface area contributed by atoms with Crippen molar-refractivity contribution in [3.05, 3.63) is 77.2 Å². The lowest BCUT2D eigenvalue weighted by Crippen LogP contribution is -2.59. The highest BCUT2D eigenvalue weighted by Crippen LogP contribution is 2.50. The average Bonchev–Trinajstić information content (AvgIpc) is 3.95. The number of nitriles is 1. The van der Waals surface area contributed by atoms with Gasteiger partial charge in [-0.1, -0.05) is 0 Å². The first kappa shape index (κ1) is 39.4. The molecule has 20 heteroatoms. The van der Waals surface area contributed by atoms with Crippen molar-refractivity contribution < 1.29 is 46.2 Å². The summed E-state index contributed by atoms with van der Waals surface area (Å²) in [5.74, 6) is -5.55. The molecule has 3 saturated heterocycles. The molecule has 0 unspecified atom stereocenters. The Balaban J connectivity index is 0.738. The number of hydrogen-bond acceptors (Lipinski definition) is 11. The number of carbonyl (C=O) groups is 4. The zero-order valence-electron chi connectivity index (χ0n) is 33.0. The molecule has 0 bridgehead atoms. The Morgan fingerprint density at radius 3 is 2.34 bits per heavy atom. The molecule has 7 heterocycles. The number of hydrogen-bond donors (Lipinski definition) is 2. The number of piperazine rings is 1. The lowest BCUT2D eigenvalue weighted by atomic mass is 9.89. The maximum atomic E-state index is 15.1. The van der Waals surface area contributed by atoms with Gasteiger partial charge in [0.1, 0.15) is 28.9 Å². The van der Waals surface area contributed by atoms with Crippen LogP contribution in [-0.2, 0) is 14.4 Å². The first-order valence-electron chi connectivity index (χ1n) is 20.4. The second kappa shape index (κ2) is 15.0. The van der Waals surface area contributed by atoms with E-state index in [9.17, 15) is 33.2 Å². The molecule has 62 heavy (non-hydrogen) atoms. The summed E-state index contributed by atoms with van der Waals surface area (Å²) in [6.07, 6.45) is 2.38. The lowest BCUT2D eigenvalue weighted by molar-refractivity contribution is -0.286. The number of aromatic nitrogens is 4. The van der Waals surface area contributed by atoms with Gasteiger partial charge in [-0.15, -0.1) is 8.78 Å². The zero-order valence-corrected chi connectivity index (χ0v) is 33.0. The number of amides is 4. The van der Waals surface area contributed by atoms with E-state index in [-0.39, 0.29) is 70.7 Å². The fraction of sp³-hybridized carbons (Fsp3) is 0.405.